The highest BCUT2D eigenvalue weighted by molar-refractivity contribution is 7.15. The number of nitrogens with zero attached hydrogens (tertiary/aromatic N) is 4. The van der Waals surface area contributed by atoms with Gasteiger partial charge in [0.25, 0.3) is 0 Å². The van der Waals surface area contributed by atoms with Gasteiger partial charge in [-0.25, -0.2) is 0 Å². The number of thiophene rings is 1. The molecule has 0 amide bonds. The lowest BCUT2D eigenvalue weighted by Gasteiger charge is -2.09. The highest BCUT2D eigenvalue weighted by Gasteiger charge is 2.25. The summed E-state index contributed by atoms with van der Waals surface area (Å²) in [6.45, 7) is 6.32. The molecule has 3 aromatic rings. The first-order chi connectivity index (χ1) is 11.6. The molecule has 1 aliphatic heterocycles. The number of hydrogen-bond donors (Lipinski definition) is 1. The fourth-order valence-electron chi connectivity index (χ4n) is 3.02. The van der Waals surface area contributed by atoms with Crippen LogP contribution in [0.5, 0.6) is 0 Å². The van der Waals surface area contributed by atoms with Crippen molar-refractivity contribution in [3.63, 3.8) is 0 Å². The van der Waals surface area contributed by atoms with Crippen molar-refractivity contribution >= 4 is 17.0 Å². The van der Waals surface area contributed by atoms with Gasteiger partial charge in [-0.1, -0.05) is 24.3 Å². The molecule has 4 rings (SSSR count). The predicted molar refractivity (Wildman–Crippen MR) is 95.1 cm³/mol. The number of hydrogen-bond acceptors (Lipinski definition) is 5. The van der Waals surface area contributed by atoms with Crippen LogP contribution in [-0.4, -0.2) is 25.6 Å². The van der Waals surface area contributed by atoms with Gasteiger partial charge < -0.3 is 5.11 Å². The number of aliphatic imine (C=N–C) groups is 1. The van der Waals surface area contributed by atoms with Crippen molar-refractivity contribution < 1.29 is 5.11 Å². The highest BCUT2D eigenvalue weighted by Crippen LogP contribution is 2.35. The van der Waals surface area contributed by atoms with Crippen molar-refractivity contribution in [1.82, 2.24) is 14.8 Å². The van der Waals surface area contributed by atoms with Crippen molar-refractivity contribution in [3.05, 3.63) is 63.5 Å². The Hall–Kier alpha value is -2.31. The summed E-state index contributed by atoms with van der Waals surface area (Å²) in [7, 11) is 0. The number of aliphatic hydroxyl groups excluding tert-OH is 1. The molecule has 1 N–H and O–H groups in total. The molecule has 3 heterocycles. The zero-order valence-electron chi connectivity index (χ0n) is 13.8. The second kappa shape index (κ2) is 5.65. The minimum atomic E-state index is -0.514. The first-order valence-corrected chi connectivity index (χ1v) is 8.72. The molecule has 0 radical (unpaired) electrons. The molecule has 1 aliphatic rings. The largest absolute Gasteiger partial charge is 0.388 e. The molecule has 0 saturated carbocycles. The number of benzene rings is 1. The van der Waals surface area contributed by atoms with Crippen LogP contribution in [0.1, 0.15) is 46.2 Å². The SMILES string of the molecule is Cc1ccccc1C1=NCc2nnc(C)n2-c2sc(C(C)O)cc21. The van der Waals surface area contributed by atoms with Crippen LogP contribution in [0.25, 0.3) is 5.00 Å². The van der Waals surface area contributed by atoms with Crippen molar-refractivity contribution in [2.75, 3.05) is 0 Å². The van der Waals surface area contributed by atoms with Gasteiger partial charge in [0.15, 0.2) is 5.82 Å². The van der Waals surface area contributed by atoms with Crippen LogP contribution in [-0.2, 0) is 6.54 Å². The number of rotatable bonds is 2. The van der Waals surface area contributed by atoms with Crippen LogP contribution in [0.3, 0.4) is 0 Å². The Kier molecular flexibility index (Phi) is 3.58. The summed E-state index contributed by atoms with van der Waals surface area (Å²) in [6, 6.07) is 10.3. The van der Waals surface area contributed by atoms with Gasteiger partial charge >= 0.3 is 0 Å². The van der Waals surface area contributed by atoms with Crippen molar-refractivity contribution in [3.8, 4) is 5.00 Å². The van der Waals surface area contributed by atoms with Gasteiger partial charge in [-0.15, -0.1) is 21.5 Å². The molecule has 24 heavy (non-hydrogen) atoms. The van der Waals surface area contributed by atoms with Crippen LogP contribution in [0.4, 0.5) is 0 Å². The van der Waals surface area contributed by atoms with Crippen LogP contribution < -0.4 is 0 Å². The van der Waals surface area contributed by atoms with E-state index in [-0.39, 0.29) is 0 Å². The van der Waals surface area contributed by atoms with E-state index in [4.69, 9.17) is 4.99 Å². The Bertz CT molecular complexity index is 952. The maximum absolute atomic E-state index is 10.1. The van der Waals surface area contributed by atoms with Gasteiger partial charge in [0, 0.05) is 16.0 Å². The third kappa shape index (κ3) is 2.30. The van der Waals surface area contributed by atoms with E-state index >= 15 is 0 Å². The average Bonchev–Trinajstić information content (AvgIpc) is 3.10. The normalized spacial score (nSPS) is 14.6. The number of fused-ring (bicyclic) bond motifs is 3. The molecule has 5 nitrogen and oxygen atoms in total. The molecular weight excluding hydrogens is 320 g/mol. The number of aromatic nitrogens is 3. The summed E-state index contributed by atoms with van der Waals surface area (Å²) in [5, 5.41) is 19.5. The highest BCUT2D eigenvalue weighted by atomic mass is 32.1. The van der Waals surface area contributed by atoms with E-state index in [1.807, 2.05) is 25.1 Å². The van der Waals surface area contributed by atoms with Crippen LogP contribution in [0.15, 0.2) is 35.3 Å². The van der Waals surface area contributed by atoms with E-state index in [2.05, 4.69) is 33.8 Å². The molecule has 0 bridgehead atoms. The molecule has 0 fully saturated rings. The smallest absolute Gasteiger partial charge is 0.160 e. The van der Waals surface area contributed by atoms with Gasteiger partial charge in [0.1, 0.15) is 17.4 Å². The fraction of sp³-hybridized carbons (Fsp3) is 0.278. The predicted octanol–water partition coefficient (Wildman–Crippen LogP) is 3.35. The lowest BCUT2D eigenvalue weighted by Crippen LogP contribution is -2.06. The molecule has 2 aromatic heterocycles. The van der Waals surface area contributed by atoms with E-state index in [1.165, 1.54) is 5.56 Å². The quantitative estimate of drug-likeness (QED) is 0.779. The first kappa shape index (κ1) is 15.2. The van der Waals surface area contributed by atoms with Crippen molar-refractivity contribution in [1.29, 1.82) is 0 Å². The molecule has 1 unspecified atom stereocenters. The van der Waals surface area contributed by atoms with Crippen LogP contribution in [0, 0.1) is 13.8 Å². The minimum Gasteiger partial charge on any atom is -0.388 e. The lowest BCUT2D eigenvalue weighted by atomic mass is 9.99. The summed E-state index contributed by atoms with van der Waals surface area (Å²) >= 11 is 1.57. The van der Waals surface area contributed by atoms with Gasteiger partial charge in [0.2, 0.25) is 0 Å². The van der Waals surface area contributed by atoms with Crippen molar-refractivity contribution in [2.45, 2.75) is 33.4 Å². The summed E-state index contributed by atoms with van der Waals surface area (Å²) in [5.41, 5.74) is 4.29. The lowest BCUT2D eigenvalue weighted by molar-refractivity contribution is 0.203. The van der Waals surface area contributed by atoms with Crippen molar-refractivity contribution in [2.24, 2.45) is 4.99 Å². The van der Waals surface area contributed by atoms with Gasteiger partial charge in [-0.3, -0.25) is 9.56 Å². The summed E-state index contributed by atoms with van der Waals surface area (Å²) < 4.78 is 2.06. The first-order valence-electron chi connectivity index (χ1n) is 7.90. The van der Waals surface area contributed by atoms with Gasteiger partial charge in [0.05, 0.1) is 11.8 Å². The molecule has 1 aromatic carbocycles. The van der Waals surface area contributed by atoms with E-state index in [0.717, 1.165) is 38.4 Å². The van der Waals surface area contributed by atoms with E-state index < -0.39 is 6.10 Å². The van der Waals surface area contributed by atoms with E-state index in [9.17, 15) is 5.11 Å². The second-order valence-corrected chi connectivity index (χ2v) is 7.08. The van der Waals surface area contributed by atoms with Gasteiger partial charge in [-0.05, 0) is 32.4 Å². The average molecular weight is 338 g/mol. The number of aryl methyl sites for hydroxylation is 2. The zero-order valence-corrected chi connectivity index (χ0v) is 14.6. The monoisotopic (exact) mass is 338 g/mol. The topological polar surface area (TPSA) is 63.3 Å². The van der Waals surface area contributed by atoms with Gasteiger partial charge in [-0.2, -0.15) is 0 Å². The fourth-order valence-corrected chi connectivity index (χ4v) is 4.18. The molecule has 0 saturated heterocycles. The Morgan fingerprint density at radius 3 is 2.71 bits per heavy atom. The number of aliphatic hydroxyl groups is 1. The maximum atomic E-state index is 10.1. The summed E-state index contributed by atoms with van der Waals surface area (Å²) in [4.78, 5) is 5.76. The molecule has 0 spiro atoms. The Morgan fingerprint density at radius 2 is 1.96 bits per heavy atom. The molecule has 0 aliphatic carbocycles. The maximum Gasteiger partial charge on any atom is 0.160 e. The molecule has 6 heteroatoms. The summed E-state index contributed by atoms with van der Waals surface area (Å²) in [6.07, 6.45) is -0.514. The molecular formula is C18H18N4OS. The van der Waals surface area contributed by atoms with Crippen LogP contribution >= 0.6 is 11.3 Å². The summed E-state index contributed by atoms with van der Waals surface area (Å²) in [5.74, 6) is 1.67. The third-order valence-corrected chi connectivity index (χ3v) is 5.56. The molecule has 1 atom stereocenters. The van der Waals surface area contributed by atoms with E-state index in [1.54, 1.807) is 18.3 Å². The van der Waals surface area contributed by atoms with E-state index in [0.29, 0.717) is 6.54 Å². The van der Waals surface area contributed by atoms with Crippen LogP contribution in [0.2, 0.25) is 0 Å². The standard InChI is InChI=1S/C18H18N4OS/c1-10-6-4-5-7-13(10)17-14-8-15(11(2)23)24-18(14)22-12(3)20-21-16(22)9-19-17/h4-8,11,23H,9H2,1-3H3. The minimum absolute atomic E-state index is 0.496. The molecule has 122 valence electrons. The zero-order chi connectivity index (χ0) is 16.8. The Morgan fingerprint density at radius 1 is 1.17 bits per heavy atom. The Balaban J connectivity index is 1.99. The third-order valence-electron chi connectivity index (χ3n) is 4.27. The Labute approximate surface area is 144 Å². The second-order valence-electron chi connectivity index (χ2n) is 6.02.